The smallest absolute Gasteiger partial charge is 0.271 e. The Bertz CT molecular complexity index is 993. The molecule has 3 aromatic rings. The molecule has 0 aliphatic heterocycles. The molecule has 1 heterocycles. The van der Waals surface area contributed by atoms with Crippen LogP contribution in [0.4, 0.5) is 15.8 Å². The van der Waals surface area contributed by atoms with Crippen LogP contribution in [0.3, 0.4) is 0 Å². The first-order valence-corrected chi connectivity index (χ1v) is 8.69. The van der Waals surface area contributed by atoms with Gasteiger partial charge in [0.1, 0.15) is 5.82 Å². The summed E-state index contributed by atoms with van der Waals surface area (Å²) < 4.78 is 15.0. The Morgan fingerprint density at radius 2 is 2.04 bits per heavy atom. The topological polar surface area (TPSA) is 116 Å². The summed E-state index contributed by atoms with van der Waals surface area (Å²) in [6, 6.07) is 12.3. The number of thioether (sulfide) groups is 1. The highest BCUT2D eigenvalue weighted by Gasteiger charge is 2.15. The van der Waals surface area contributed by atoms with E-state index >= 15 is 0 Å². The normalized spacial score (nSPS) is 10.6. The first-order valence-electron chi connectivity index (χ1n) is 7.70. The Morgan fingerprint density at radius 3 is 2.74 bits per heavy atom. The van der Waals surface area contributed by atoms with Crippen LogP contribution in [0.5, 0.6) is 0 Å². The number of imidazole rings is 1. The van der Waals surface area contributed by atoms with Gasteiger partial charge in [-0.05, 0) is 6.07 Å². The zero-order chi connectivity index (χ0) is 19.4. The predicted octanol–water partition coefficient (Wildman–Crippen LogP) is 3.04. The van der Waals surface area contributed by atoms with Crippen LogP contribution in [-0.4, -0.2) is 26.2 Å². The summed E-state index contributed by atoms with van der Waals surface area (Å²) >= 11 is 1.06. The highest BCUT2D eigenvalue weighted by Crippen LogP contribution is 2.24. The lowest BCUT2D eigenvalue weighted by Crippen LogP contribution is -2.16. The third kappa shape index (κ3) is 4.42. The van der Waals surface area contributed by atoms with Crippen LogP contribution >= 0.6 is 11.8 Å². The summed E-state index contributed by atoms with van der Waals surface area (Å²) in [5.41, 5.74) is 0.970. The van der Waals surface area contributed by atoms with E-state index in [2.05, 4.69) is 10.3 Å². The van der Waals surface area contributed by atoms with Gasteiger partial charge in [-0.2, -0.15) is 0 Å². The number of nitrogen functional groups attached to an aromatic ring is 1. The molecule has 0 atom stereocenters. The number of nitro groups is 1. The van der Waals surface area contributed by atoms with Gasteiger partial charge >= 0.3 is 0 Å². The van der Waals surface area contributed by atoms with Crippen LogP contribution in [0.1, 0.15) is 0 Å². The van der Waals surface area contributed by atoms with Crippen molar-refractivity contribution in [2.45, 2.75) is 5.16 Å². The van der Waals surface area contributed by atoms with Gasteiger partial charge in [0.15, 0.2) is 5.16 Å². The standard InChI is InChI=1S/C17H14FN5O3S/c18-13-7-6-12(23(25)26)8-14(13)20-16(24)10-27-17-21-15(9-22(17)19)11-4-2-1-3-5-11/h1-9H,10,19H2,(H,20,24). The number of rotatable bonds is 6. The average Bonchev–Trinajstić information content (AvgIpc) is 3.03. The van der Waals surface area contributed by atoms with E-state index in [1.165, 1.54) is 4.68 Å². The van der Waals surface area contributed by atoms with Crippen LogP contribution in [0, 0.1) is 15.9 Å². The van der Waals surface area contributed by atoms with Gasteiger partial charge in [0, 0.05) is 17.7 Å². The summed E-state index contributed by atoms with van der Waals surface area (Å²) in [7, 11) is 0. The van der Waals surface area contributed by atoms with Crippen molar-refractivity contribution in [2.75, 3.05) is 16.9 Å². The monoisotopic (exact) mass is 387 g/mol. The number of nitro benzene ring substituents is 1. The minimum Gasteiger partial charge on any atom is -0.337 e. The first kappa shape index (κ1) is 18.4. The molecular formula is C17H14FN5O3S. The van der Waals surface area contributed by atoms with E-state index in [0.29, 0.717) is 10.9 Å². The summed E-state index contributed by atoms with van der Waals surface area (Å²) in [5.74, 6) is 4.47. The Kier molecular flexibility index (Phi) is 5.36. The maximum absolute atomic E-state index is 13.7. The quantitative estimate of drug-likeness (QED) is 0.291. The molecule has 0 unspecified atom stereocenters. The van der Waals surface area contributed by atoms with Crippen LogP contribution < -0.4 is 11.2 Å². The fraction of sp³-hybridized carbons (Fsp3) is 0.0588. The fourth-order valence-electron chi connectivity index (χ4n) is 2.27. The van der Waals surface area contributed by atoms with E-state index in [0.717, 1.165) is 35.5 Å². The number of benzene rings is 2. The van der Waals surface area contributed by atoms with E-state index in [9.17, 15) is 19.3 Å². The summed E-state index contributed by atoms with van der Waals surface area (Å²) in [6.45, 7) is 0. The molecule has 10 heteroatoms. The lowest BCUT2D eigenvalue weighted by Gasteiger charge is -2.06. The second kappa shape index (κ2) is 7.87. The van der Waals surface area contributed by atoms with E-state index in [-0.39, 0.29) is 17.1 Å². The van der Waals surface area contributed by atoms with Crippen molar-refractivity contribution in [1.29, 1.82) is 0 Å². The highest BCUT2D eigenvalue weighted by atomic mass is 32.2. The van der Waals surface area contributed by atoms with Crippen molar-refractivity contribution < 1.29 is 14.1 Å². The number of carbonyl (C=O) groups excluding carboxylic acids is 1. The Labute approximate surface area is 157 Å². The largest absolute Gasteiger partial charge is 0.337 e. The maximum Gasteiger partial charge on any atom is 0.271 e. The van der Waals surface area contributed by atoms with Gasteiger partial charge in [-0.3, -0.25) is 14.9 Å². The molecule has 0 radical (unpaired) electrons. The van der Waals surface area contributed by atoms with Crippen molar-refractivity contribution in [3.05, 3.63) is 70.7 Å². The Hall–Kier alpha value is -3.40. The van der Waals surface area contributed by atoms with Crippen LogP contribution in [0.2, 0.25) is 0 Å². The molecule has 0 spiro atoms. The van der Waals surface area contributed by atoms with Gasteiger partial charge in [0.05, 0.1) is 28.3 Å². The third-order valence-electron chi connectivity index (χ3n) is 3.54. The number of hydrogen-bond acceptors (Lipinski definition) is 6. The van der Waals surface area contributed by atoms with Crippen molar-refractivity contribution in [3.63, 3.8) is 0 Å². The molecule has 1 aromatic heterocycles. The number of hydrogen-bond donors (Lipinski definition) is 2. The number of nitrogens with two attached hydrogens (primary N) is 1. The minimum absolute atomic E-state index is 0.0927. The maximum atomic E-state index is 13.7. The Balaban J connectivity index is 1.66. The van der Waals surface area contributed by atoms with Crippen molar-refractivity contribution >= 4 is 29.0 Å². The first-order chi connectivity index (χ1) is 12.9. The molecule has 0 saturated carbocycles. The van der Waals surface area contributed by atoms with Gasteiger partial charge in [0.2, 0.25) is 5.91 Å². The minimum atomic E-state index is -0.759. The lowest BCUT2D eigenvalue weighted by atomic mass is 10.2. The van der Waals surface area contributed by atoms with E-state index in [4.69, 9.17) is 5.84 Å². The number of halogens is 1. The number of aromatic nitrogens is 2. The lowest BCUT2D eigenvalue weighted by molar-refractivity contribution is -0.384. The number of nitrogens with zero attached hydrogens (tertiary/aromatic N) is 3. The van der Waals surface area contributed by atoms with E-state index in [1.807, 2.05) is 30.3 Å². The van der Waals surface area contributed by atoms with Gasteiger partial charge < -0.3 is 11.2 Å². The van der Waals surface area contributed by atoms with Crippen molar-refractivity contribution in [2.24, 2.45) is 0 Å². The molecule has 2 aromatic carbocycles. The number of nitrogens with one attached hydrogen (secondary N) is 1. The van der Waals surface area contributed by atoms with Crippen LogP contribution in [0.25, 0.3) is 11.3 Å². The molecule has 138 valence electrons. The van der Waals surface area contributed by atoms with E-state index < -0.39 is 16.6 Å². The van der Waals surface area contributed by atoms with Gasteiger partial charge in [-0.15, -0.1) is 0 Å². The summed E-state index contributed by atoms with van der Waals surface area (Å²) in [4.78, 5) is 26.5. The fourth-order valence-corrected chi connectivity index (χ4v) is 2.97. The SMILES string of the molecule is Nn1cc(-c2ccccc2)nc1SCC(=O)Nc1cc([N+](=O)[O-])ccc1F. The van der Waals surface area contributed by atoms with Crippen molar-refractivity contribution in [1.82, 2.24) is 9.66 Å². The molecule has 0 saturated heterocycles. The molecule has 0 bridgehead atoms. The molecule has 0 aliphatic carbocycles. The second-order valence-electron chi connectivity index (χ2n) is 5.44. The number of anilines is 1. The van der Waals surface area contributed by atoms with Gasteiger partial charge in [-0.1, -0.05) is 42.1 Å². The highest BCUT2D eigenvalue weighted by molar-refractivity contribution is 7.99. The average molecular weight is 387 g/mol. The number of non-ortho nitro benzene ring substituents is 1. The molecular weight excluding hydrogens is 373 g/mol. The summed E-state index contributed by atoms with van der Waals surface area (Å²) in [5, 5.41) is 13.5. The second-order valence-corrected chi connectivity index (χ2v) is 6.38. The Morgan fingerprint density at radius 1 is 1.30 bits per heavy atom. The van der Waals surface area contributed by atoms with E-state index in [1.54, 1.807) is 6.20 Å². The third-order valence-corrected chi connectivity index (χ3v) is 4.50. The zero-order valence-corrected chi connectivity index (χ0v) is 14.6. The molecule has 3 rings (SSSR count). The molecule has 8 nitrogen and oxygen atoms in total. The molecule has 0 aliphatic rings. The molecule has 0 fully saturated rings. The summed E-state index contributed by atoms with van der Waals surface area (Å²) in [6.07, 6.45) is 1.63. The predicted molar refractivity (Wildman–Crippen MR) is 100 cm³/mol. The van der Waals surface area contributed by atoms with Crippen LogP contribution in [0.15, 0.2) is 59.9 Å². The number of carbonyl (C=O) groups is 1. The number of amides is 1. The van der Waals surface area contributed by atoms with Crippen LogP contribution in [-0.2, 0) is 4.79 Å². The van der Waals surface area contributed by atoms with Gasteiger partial charge in [-0.25, -0.2) is 14.1 Å². The zero-order valence-electron chi connectivity index (χ0n) is 13.8. The van der Waals surface area contributed by atoms with Crippen molar-refractivity contribution in [3.8, 4) is 11.3 Å². The van der Waals surface area contributed by atoms with Gasteiger partial charge in [0.25, 0.3) is 5.69 Å². The molecule has 27 heavy (non-hydrogen) atoms. The molecule has 1 amide bonds. The molecule has 3 N–H and O–H groups in total.